The van der Waals surface area contributed by atoms with E-state index < -0.39 is 5.91 Å². The van der Waals surface area contributed by atoms with E-state index in [4.69, 9.17) is 31.5 Å². The minimum atomic E-state index is -0.568. The number of primary amides is 1. The number of halogens is 1. The molecule has 33 heavy (non-hydrogen) atoms. The highest BCUT2D eigenvalue weighted by molar-refractivity contribution is 7.16. The predicted molar refractivity (Wildman–Crippen MR) is 128 cm³/mol. The summed E-state index contributed by atoms with van der Waals surface area (Å²) in [7, 11) is 0. The number of hydrogen-bond acceptors (Lipinski definition) is 7. The van der Waals surface area contributed by atoms with Gasteiger partial charge in [-0.05, 0) is 38.1 Å². The number of amides is 1. The molecule has 2 N–H and O–H groups in total. The lowest BCUT2D eigenvalue weighted by Crippen LogP contribution is -2.11. The third kappa shape index (κ3) is 4.89. The first-order chi connectivity index (χ1) is 16.0. The standard InChI is InChI=1S/C23H23ClN4O4S/c1-3-30-16-5-6-19(31-4-2)14(7-16)12-32-20-9-21(33-22(20)23(25)29)28-13-27-17-11-26-15(10-24)8-18(17)28/h5-9,11,13H,3-4,10,12H2,1-2H3,(H2,25,29). The van der Waals surface area contributed by atoms with Crippen LogP contribution in [0.25, 0.3) is 16.0 Å². The molecule has 0 unspecified atom stereocenters. The molecule has 4 rings (SSSR count). The van der Waals surface area contributed by atoms with Crippen molar-refractivity contribution in [2.24, 2.45) is 5.73 Å². The first-order valence-electron chi connectivity index (χ1n) is 10.4. The van der Waals surface area contributed by atoms with E-state index in [1.54, 1.807) is 18.6 Å². The summed E-state index contributed by atoms with van der Waals surface area (Å²) in [5.41, 5.74) is 8.72. The molecule has 0 bridgehead atoms. The molecule has 0 spiro atoms. The highest BCUT2D eigenvalue weighted by Gasteiger charge is 2.19. The number of fused-ring (bicyclic) bond motifs is 1. The maximum atomic E-state index is 12.1. The monoisotopic (exact) mass is 486 g/mol. The van der Waals surface area contributed by atoms with Crippen molar-refractivity contribution >= 4 is 39.9 Å². The van der Waals surface area contributed by atoms with Gasteiger partial charge in [-0.2, -0.15) is 0 Å². The number of nitrogens with zero attached hydrogens (tertiary/aromatic N) is 3. The largest absolute Gasteiger partial charge is 0.494 e. The molecule has 0 atom stereocenters. The number of hydrogen-bond donors (Lipinski definition) is 1. The summed E-state index contributed by atoms with van der Waals surface area (Å²) in [4.78, 5) is 21.1. The minimum absolute atomic E-state index is 0.178. The van der Waals surface area contributed by atoms with Gasteiger partial charge >= 0.3 is 0 Å². The molecule has 0 aliphatic heterocycles. The van der Waals surface area contributed by atoms with E-state index >= 15 is 0 Å². The summed E-state index contributed by atoms with van der Waals surface area (Å²) in [6.07, 6.45) is 3.34. The fourth-order valence-corrected chi connectivity index (χ4v) is 4.42. The van der Waals surface area contributed by atoms with Crippen LogP contribution in [-0.2, 0) is 12.5 Å². The highest BCUT2D eigenvalue weighted by Crippen LogP contribution is 2.35. The second-order valence-electron chi connectivity index (χ2n) is 6.98. The van der Waals surface area contributed by atoms with Crippen LogP contribution in [0.1, 0.15) is 34.8 Å². The van der Waals surface area contributed by atoms with E-state index in [1.807, 2.05) is 42.7 Å². The average molecular weight is 487 g/mol. The van der Waals surface area contributed by atoms with Gasteiger partial charge in [-0.1, -0.05) is 0 Å². The molecule has 3 heterocycles. The van der Waals surface area contributed by atoms with Gasteiger partial charge < -0.3 is 19.9 Å². The van der Waals surface area contributed by atoms with Gasteiger partial charge in [-0.25, -0.2) is 4.98 Å². The lowest BCUT2D eigenvalue weighted by molar-refractivity contribution is 0.1000. The number of carbonyl (C=O) groups excluding carboxylic acids is 1. The van der Waals surface area contributed by atoms with Crippen LogP contribution in [0.15, 0.2) is 42.9 Å². The highest BCUT2D eigenvalue weighted by atomic mass is 35.5. The first-order valence-corrected chi connectivity index (χ1v) is 11.7. The summed E-state index contributed by atoms with van der Waals surface area (Å²) in [6, 6.07) is 9.22. The van der Waals surface area contributed by atoms with Crippen LogP contribution in [0.3, 0.4) is 0 Å². The maximum absolute atomic E-state index is 12.1. The molecular formula is C23H23ClN4O4S. The second kappa shape index (κ2) is 10.1. The molecule has 4 aromatic rings. The van der Waals surface area contributed by atoms with Gasteiger partial charge in [0.1, 0.15) is 45.6 Å². The Balaban J connectivity index is 1.66. The molecule has 0 saturated carbocycles. The van der Waals surface area contributed by atoms with Gasteiger partial charge in [-0.3, -0.25) is 14.3 Å². The Morgan fingerprint density at radius 2 is 1.91 bits per heavy atom. The van der Waals surface area contributed by atoms with E-state index in [1.165, 1.54) is 11.3 Å². The van der Waals surface area contributed by atoms with Gasteiger partial charge in [0.15, 0.2) is 0 Å². The fraction of sp³-hybridized carbons (Fsp3) is 0.261. The lowest BCUT2D eigenvalue weighted by atomic mass is 10.2. The van der Waals surface area contributed by atoms with Crippen LogP contribution < -0.4 is 19.9 Å². The molecule has 0 radical (unpaired) electrons. The smallest absolute Gasteiger partial charge is 0.262 e. The Labute approximate surface area is 199 Å². The number of alkyl halides is 1. The molecule has 0 fully saturated rings. The molecular weight excluding hydrogens is 464 g/mol. The van der Waals surface area contributed by atoms with Crippen LogP contribution >= 0.6 is 22.9 Å². The molecule has 0 aliphatic carbocycles. The van der Waals surface area contributed by atoms with E-state index in [0.717, 1.165) is 27.3 Å². The summed E-state index contributed by atoms with van der Waals surface area (Å²) < 4.78 is 19.2. The van der Waals surface area contributed by atoms with Crippen LogP contribution in [0.2, 0.25) is 0 Å². The number of pyridine rings is 1. The predicted octanol–water partition coefficient (Wildman–Crippen LogP) is 4.70. The number of carbonyl (C=O) groups is 1. The van der Waals surface area contributed by atoms with Crippen molar-refractivity contribution in [3.63, 3.8) is 0 Å². The molecule has 10 heteroatoms. The van der Waals surface area contributed by atoms with Crippen molar-refractivity contribution in [3.8, 4) is 22.2 Å². The molecule has 172 valence electrons. The Kier molecular flexibility index (Phi) is 7.00. The summed E-state index contributed by atoms with van der Waals surface area (Å²) in [5, 5.41) is 0.737. The van der Waals surface area contributed by atoms with Crippen molar-refractivity contribution in [3.05, 3.63) is 59.0 Å². The number of thiophene rings is 1. The number of rotatable bonds is 10. The second-order valence-corrected chi connectivity index (χ2v) is 8.28. The van der Waals surface area contributed by atoms with Gasteiger partial charge in [-0.15, -0.1) is 22.9 Å². The zero-order chi connectivity index (χ0) is 23.4. The molecule has 1 aromatic carbocycles. The number of imidazole rings is 1. The van der Waals surface area contributed by atoms with Crippen LogP contribution in [-0.4, -0.2) is 33.7 Å². The molecule has 0 saturated heterocycles. The van der Waals surface area contributed by atoms with Crippen LogP contribution in [0.5, 0.6) is 17.2 Å². The normalized spacial score (nSPS) is 11.0. The fourth-order valence-electron chi connectivity index (χ4n) is 3.34. The Bertz CT molecular complexity index is 1290. The van der Waals surface area contributed by atoms with Crippen LogP contribution in [0.4, 0.5) is 0 Å². The molecule has 1 amide bonds. The van der Waals surface area contributed by atoms with Crippen LogP contribution in [0, 0.1) is 0 Å². The third-order valence-electron chi connectivity index (χ3n) is 4.80. The number of benzene rings is 1. The van der Waals surface area contributed by atoms with Gasteiger partial charge in [0.05, 0.1) is 36.5 Å². The lowest BCUT2D eigenvalue weighted by Gasteiger charge is -2.13. The molecule has 3 aromatic heterocycles. The zero-order valence-corrected chi connectivity index (χ0v) is 19.8. The minimum Gasteiger partial charge on any atom is -0.494 e. The van der Waals surface area contributed by atoms with E-state index in [2.05, 4.69) is 9.97 Å². The number of nitrogens with two attached hydrogens (primary N) is 1. The zero-order valence-electron chi connectivity index (χ0n) is 18.2. The van der Waals surface area contributed by atoms with E-state index in [9.17, 15) is 4.79 Å². The van der Waals surface area contributed by atoms with Gasteiger partial charge in [0.2, 0.25) is 0 Å². The van der Waals surface area contributed by atoms with Crippen molar-refractivity contribution in [1.29, 1.82) is 0 Å². The van der Waals surface area contributed by atoms with Crippen molar-refractivity contribution in [1.82, 2.24) is 14.5 Å². The summed E-state index contributed by atoms with van der Waals surface area (Å²) in [5.74, 6) is 1.52. The van der Waals surface area contributed by atoms with Gasteiger partial charge in [0.25, 0.3) is 5.91 Å². The number of aromatic nitrogens is 3. The Morgan fingerprint density at radius 1 is 1.09 bits per heavy atom. The summed E-state index contributed by atoms with van der Waals surface area (Å²) >= 11 is 7.17. The van der Waals surface area contributed by atoms with E-state index in [-0.39, 0.29) is 12.5 Å². The molecule has 0 aliphatic rings. The van der Waals surface area contributed by atoms with Crippen molar-refractivity contribution in [2.75, 3.05) is 13.2 Å². The Morgan fingerprint density at radius 3 is 2.64 bits per heavy atom. The Hall–Kier alpha value is -3.30. The van der Waals surface area contributed by atoms with Gasteiger partial charge in [0, 0.05) is 11.6 Å². The summed E-state index contributed by atoms with van der Waals surface area (Å²) in [6.45, 7) is 5.08. The first kappa shape index (κ1) is 22.9. The quantitative estimate of drug-likeness (QED) is 0.326. The van der Waals surface area contributed by atoms with Crippen molar-refractivity contribution in [2.45, 2.75) is 26.3 Å². The van der Waals surface area contributed by atoms with Crippen molar-refractivity contribution < 1.29 is 19.0 Å². The molecule has 8 nitrogen and oxygen atoms in total. The topological polar surface area (TPSA) is 101 Å². The van der Waals surface area contributed by atoms with E-state index in [0.29, 0.717) is 35.3 Å². The number of ether oxygens (including phenoxy) is 3. The SMILES string of the molecule is CCOc1ccc(OCC)c(COc2cc(-n3cnc4cnc(CCl)cc43)sc2C(N)=O)c1. The maximum Gasteiger partial charge on any atom is 0.262 e. The third-order valence-corrected chi connectivity index (χ3v) is 6.20. The average Bonchev–Trinajstić information content (AvgIpc) is 3.43.